The minimum Gasteiger partial charge on any atom is -0.409 e. The van der Waals surface area contributed by atoms with Gasteiger partial charge in [-0.15, -0.1) is 0 Å². The molecule has 0 aromatic heterocycles. The minimum atomic E-state index is -3.55. The molecule has 0 saturated heterocycles. The topological polar surface area (TPSA) is 108 Å². The molecule has 7 nitrogen and oxygen atoms in total. The molecule has 8 heteroatoms. The number of oxime groups is 1. The molecule has 0 aliphatic rings. The summed E-state index contributed by atoms with van der Waals surface area (Å²) < 4.78 is 26.1. The van der Waals surface area contributed by atoms with Gasteiger partial charge in [-0.25, -0.2) is 4.72 Å². The molecule has 0 unspecified atom stereocenters. The number of hydrogen-bond acceptors (Lipinski definition) is 4. The molecule has 4 N–H and O–H groups in total. The van der Waals surface area contributed by atoms with E-state index < -0.39 is 10.2 Å². The molecule has 0 fully saturated rings. The molecule has 0 heterocycles. The number of rotatable bonds is 5. The molecule has 0 aromatic carbocycles. The molecular formula is C6H16N4O3S. The molecule has 0 aromatic rings. The number of amidine groups is 1. The molecule has 0 aliphatic heterocycles. The van der Waals surface area contributed by atoms with E-state index in [1.807, 2.05) is 0 Å². The Hall–Kier alpha value is -0.860. The first-order valence-electron chi connectivity index (χ1n) is 4.01. The highest BCUT2D eigenvalue weighted by Crippen LogP contribution is 2.03. The molecule has 0 radical (unpaired) electrons. The lowest BCUT2D eigenvalue weighted by atomic mass is 10.4. The zero-order valence-corrected chi connectivity index (χ0v) is 9.24. The Labute approximate surface area is 83.8 Å². The standard InChI is InChI=1S/C6H16N4O3S/c1-5(2)10(4-6(7)9-11)14(12,13)8-3/h5,8,11H,4H2,1-3H3,(H2,7,9). The third-order valence-corrected chi connectivity index (χ3v) is 3.27. The van der Waals surface area contributed by atoms with Crippen LogP contribution in [0.15, 0.2) is 5.16 Å². The second-order valence-corrected chi connectivity index (χ2v) is 4.77. The van der Waals surface area contributed by atoms with Gasteiger partial charge in [0.25, 0.3) is 10.2 Å². The fraction of sp³-hybridized carbons (Fsp3) is 0.833. The third-order valence-electron chi connectivity index (χ3n) is 1.59. The van der Waals surface area contributed by atoms with Crippen LogP contribution in [-0.4, -0.2) is 43.4 Å². The van der Waals surface area contributed by atoms with Crippen molar-refractivity contribution in [1.29, 1.82) is 0 Å². The molecule has 0 amide bonds. The Morgan fingerprint density at radius 3 is 2.43 bits per heavy atom. The van der Waals surface area contributed by atoms with Crippen LogP contribution < -0.4 is 10.5 Å². The van der Waals surface area contributed by atoms with Crippen LogP contribution in [0.1, 0.15) is 13.8 Å². The van der Waals surface area contributed by atoms with Gasteiger partial charge in [-0.2, -0.15) is 12.7 Å². The highest BCUT2D eigenvalue weighted by atomic mass is 32.2. The van der Waals surface area contributed by atoms with Gasteiger partial charge in [-0.1, -0.05) is 5.16 Å². The molecule has 0 atom stereocenters. The lowest BCUT2D eigenvalue weighted by Gasteiger charge is -2.24. The van der Waals surface area contributed by atoms with Gasteiger partial charge >= 0.3 is 0 Å². The quantitative estimate of drug-likeness (QED) is 0.238. The van der Waals surface area contributed by atoms with Crippen molar-refractivity contribution in [2.45, 2.75) is 19.9 Å². The predicted molar refractivity (Wildman–Crippen MR) is 53.2 cm³/mol. The number of nitrogens with zero attached hydrogens (tertiary/aromatic N) is 2. The fourth-order valence-corrected chi connectivity index (χ4v) is 1.95. The van der Waals surface area contributed by atoms with Crippen LogP contribution >= 0.6 is 0 Å². The van der Waals surface area contributed by atoms with Crippen molar-refractivity contribution in [2.24, 2.45) is 10.9 Å². The van der Waals surface area contributed by atoms with E-state index in [2.05, 4.69) is 9.88 Å². The Balaban J connectivity index is 4.80. The van der Waals surface area contributed by atoms with Gasteiger partial charge in [0.1, 0.15) is 0 Å². The smallest absolute Gasteiger partial charge is 0.279 e. The van der Waals surface area contributed by atoms with Gasteiger partial charge in [0.15, 0.2) is 5.84 Å². The van der Waals surface area contributed by atoms with Crippen molar-refractivity contribution in [1.82, 2.24) is 9.03 Å². The van der Waals surface area contributed by atoms with Crippen molar-refractivity contribution in [3.8, 4) is 0 Å². The zero-order valence-electron chi connectivity index (χ0n) is 8.43. The van der Waals surface area contributed by atoms with Crippen molar-refractivity contribution < 1.29 is 13.6 Å². The predicted octanol–water partition coefficient (Wildman–Crippen LogP) is -1.09. The van der Waals surface area contributed by atoms with Crippen LogP contribution in [0.4, 0.5) is 0 Å². The molecule has 84 valence electrons. The summed E-state index contributed by atoms with van der Waals surface area (Å²) in [4.78, 5) is 0. The van der Waals surface area contributed by atoms with Crippen LogP contribution in [0, 0.1) is 0 Å². The number of nitrogens with one attached hydrogen (secondary N) is 1. The first-order chi connectivity index (χ1) is 6.35. The first-order valence-corrected chi connectivity index (χ1v) is 5.46. The highest BCUT2D eigenvalue weighted by molar-refractivity contribution is 7.87. The van der Waals surface area contributed by atoms with Gasteiger partial charge in [0.05, 0.1) is 6.54 Å². The summed E-state index contributed by atoms with van der Waals surface area (Å²) in [6, 6.07) is -0.271. The van der Waals surface area contributed by atoms with Crippen molar-refractivity contribution in [3.05, 3.63) is 0 Å². The maximum Gasteiger partial charge on any atom is 0.279 e. The maximum atomic E-state index is 11.4. The Bertz CT molecular complexity index is 298. The second kappa shape index (κ2) is 5.13. The summed E-state index contributed by atoms with van der Waals surface area (Å²) in [5.74, 6) is -0.155. The summed E-state index contributed by atoms with van der Waals surface area (Å²) in [7, 11) is -2.25. The lowest BCUT2D eigenvalue weighted by Crippen LogP contribution is -2.47. The van der Waals surface area contributed by atoms with Gasteiger partial charge in [0.2, 0.25) is 0 Å². The van der Waals surface area contributed by atoms with Crippen LogP contribution in [0.3, 0.4) is 0 Å². The average Bonchev–Trinajstić information content (AvgIpc) is 2.12. The van der Waals surface area contributed by atoms with E-state index in [4.69, 9.17) is 10.9 Å². The first kappa shape index (κ1) is 13.1. The summed E-state index contributed by atoms with van der Waals surface area (Å²) in [6.45, 7) is 3.25. The van der Waals surface area contributed by atoms with Gasteiger partial charge in [0, 0.05) is 13.1 Å². The number of nitrogens with two attached hydrogens (primary N) is 1. The van der Waals surface area contributed by atoms with E-state index in [1.54, 1.807) is 13.8 Å². The largest absolute Gasteiger partial charge is 0.409 e. The monoisotopic (exact) mass is 224 g/mol. The van der Waals surface area contributed by atoms with Crippen LogP contribution in [0.2, 0.25) is 0 Å². The molecule has 0 saturated carbocycles. The Morgan fingerprint density at radius 1 is 1.64 bits per heavy atom. The molecular weight excluding hydrogens is 208 g/mol. The number of hydrogen-bond donors (Lipinski definition) is 3. The van der Waals surface area contributed by atoms with E-state index in [0.29, 0.717) is 0 Å². The lowest BCUT2D eigenvalue weighted by molar-refractivity contribution is 0.312. The normalized spacial score (nSPS) is 13.9. The van der Waals surface area contributed by atoms with Crippen LogP contribution in [0.25, 0.3) is 0 Å². The maximum absolute atomic E-state index is 11.4. The van der Waals surface area contributed by atoms with Crippen molar-refractivity contribution >= 4 is 16.0 Å². The third kappa shape index (κ3) is 3.48. The van der Waals surface area contributed by atoms with E-state index >= 15 is 0 Å². The SMILES string of the molecule is CNS(=O)(=O)N(CC(N)=NO)C(C)C. The highest BCUT2D eigenvalue weighted by Gasteiger charge is 2.24. The Kier molecular flexibility index (Phi) is 4.81. The molecule has 14 heavy (non-hydrogen) atoms. The second-order valence-electron chi connectivity index (χ2n) is 2.94. The summed E-state index contributed by atoms with van der Waals surface area (Å²) >= 11 is 0. The fourth-order valence-electron chi connectivity index (χ4n) is 0.854. The molecule has 0 rings (SSSR count). The van der Waals surface area contributed by atoms with E-state index in [1.165, 1.54) is 7.05 Å². The summed E-state index contributed by atoms with van der Waals surface area (Å²) in [6.07, 6.45) is 0. The molecule has 0 spiro atoms. The molecule has 0 bridgehead atoms. The minimum absolute atomic E-state index is 0.142. The zero-order chi connectivity index (χ0) is 11.4. The van der Waals surface area contributed by atoms with Gasteiger partial charge < -0.3 is 10.9 Å². The molecule has 0 aliphatic carbocycles. The van der Waals surface area contributed by atoms with E-state index in [0.717, 1.165) is 4.31 Å². The van der Waals surface area contributed by atoms with E-state index in [-0.39, 0.29) is 18.4 Å². The van der Waals surface area contributed by atoms with Crippen molar-refractivity contribution in [3.63, 3.8) is 0 Å². The van der Waals surface area contributed by atoms with E-state index in [9.17, 15) is 8.42 Å². The van der Waals surface area contributed by atoms with Crippen molar-refractivity contribution in [2.75, 3.05) is 13.6 Å². The summed E-state index contributed by atoms with van der Waals surface area (Å²) in [5.41, 5.74) is 5.23. The van der Waals surface area contributed by atoms with Crippen LogP contribution in [0.5, 0.6) is 0 Å². The Morgan fingerprint density at radius 2 is 2.14 bits per heavy atom. The summed E-state index contributed by atoms with van der Waals surface area (Å²) in [5, 5.41) is 11.0. The average molecular weight is 224 g/mol. The van der Waals surface area contributed by atoms with Gasteiger partial charge in [-0.05, 0) is 13.8 Å². The van der Waals surface area contributed by atoms with Crippen LogP contribution in [-0.2, 0) is 10.2 Å². The van der Waals surface area contributed by atoms with Gasteiger partial charge in [-0.3, -0.25) is 0 Å².